The van der Waals surface area contributed by atoms with Crippen LogP contribution in [0.5, 0.6) is 0 Å². The number of benzene rings is 1. The SMILES string of the molecule is CCNc1nccc(N(C)Cc2ccccc2Br)n1. The Bertz CT molecular complexity index is 544. The molecule has 5 heteroatoms. The van der Waals surface area contributed by atoms with Crippen molar-refractivity contribution < 1.29 is 0 Å². The summed E-state index contributed by atoms with van der Waals surface area (Å²) in [7, 11) is 2.03. The summed E-state index contributed by atoms with van der Waals surface area (Å²) in [6.07, 6.45) is 1.77. The van der Waals surface area contributed by atoms with Crippen LogP contribution in [0.3, 0.4) is 0 Å². The average molecular weight is 321 g/mol. The molecule has 0 bridgehead atoms. The van der Waals surface area contributed by atoms with E-state index in [1.54, 1.807) is 6.20 Å². The third kappa shape index (κ3) is 3.67. The first-order chi connectivity index (χ1) is 9.20. The largest absolute Gasteiger partial charge is 0.355 e. The van der Waals surface area contributed by atoms with E-state index in [9.17, 15) is 0 Å². The van der Waals surface area contributed by atoms with Gasteiger partial charge in [0.2, 0.25) is 5.95 Å². The van der Waals surface area contributed by atoms with Crippen molar-refractivity contribution in [3.8, 4) is 0 Å². The number of hydrogen-bond acceptors (Lipinski definition) is 4. The van der Waals surface area contributed by atoms with E-state index < -0.39 is 0 Å². The van der Waals surface area contributed by atoms with Crippen molar-refractivity contribution in [2.75, 3.05) is 23.8 Å². The molecule has 0 saturated carbocycles. The normalized spacial score (nSPS) is 10.3. The molecular formula is C14H17BrN4. The molecule has 1 aromatic heterocycles. The third-order valence-corrected chi connectivity index (χ3v) is 3.51. The second-order valence-electron chi connectivity index (χ2n) is 4.22. The Morgan fingerprint density at radius 3 is 2.79 bits per heavy atom. The molecule has 4 nitrogen and oxygen atoms in total. The smallest absolute Gasteiger partial charge is 0.224 e. The molecule has 2 rings (SSSR count). The molecule has 0 fully saturated rings. The van der Waals surface area contributed by atoms with Crippen LogP contribution in [0.2, 0.25) is 0 Å². The second-order valence-corrected chi connectivity index (χ2v) is 5.07. The molecule has 1 aromatic carbocycles. The lowest BCUT2D eigenvalue weighted by atomic mass is 10.2. The van der Waals surface area contributed by atoms with Crippen molar-refractivity contribution in [3.05, 3.63) is 46.6 Å². The van der Waals surface area contributed by atoms with Gasteiger partial charge in [0.05, 0.1) is 0 Å². The lowest BCUT2D eigenvalue weighted by molar-refractivity contribution is 0.886. The highest BCUT2D eigenvalue weighted by atomic mass is 79.9. The molecule has 19 heavy (non-hydrogen) atoms. The van der Waals surface area contributed by atoms with Crippen LogP contribution in [-0.4, -0.2) is 23.6 Å². The number of rotatable bonds is 5. The maximum Gasteiger partial charge on any atom is 0.224 e. The third-order valence-electron chi connectivity index (χ3n) is 2.73. The molecule has 0 atom stereocenters. The van der Waals surface area contributed by atoms with Crippen molar-refractivity contribution in [2.45, 2.75) is 13.5 Å². The Morgan fingerprint density at radius 1 is 1.26 bits per heavy atom. The number of nitrogens with one attached hydrogen (secondary N) is 1. The van der Waals surface area contributed by atoms with Crippen LogP contribution in [0.4, 0.5) is 11.8 Å². The predicted molar refractivity (Wildman–Crippen MR) is 82.4 cm³/mol. The van der Waals surface area contributed by atoms with Gasteiger partial charge in [-0.15, -0.1) is 0 Å². The van der Waals surface area contributed by atoms with Crippen molar-refractivity contribution in [1.82, 2.24) is 9.97 Å². The van der Waals surface area contributed by atoms with E-state index in [-0.39, 0.29) is 0 Å². The van der Waals surface area contributed by atoms with Crippen molar-refractivity contribution in [3.63, 3.8) is 0 Å². The average Bonchev–Trinajstić information content (AvgIpc) is 2.42. The Labute approximate surface area is 122 Å². The van der Waals surface area contributed by atoms with Gasteiger partial charge in [-0.2, -0.15) is 4.98 Å². The topological polar surface area (TPSA) is 41.1 Å². The molecule has 100 valence electrons. The molecule has 0 aliphatic rings. The fourth-order valence-corrected chi connectivity index (χ4v) is 2.18. The summed E-state index contributed by atoms with van der Waals surface area (Å²) in [6, 6.07) is 10.1. The fraction of sp³-hybridized carbons (Fsp3) is 0.286. The lowest BCUT2D eigenvalue weighted by Gasteiger charge is -2.19. The van der Waals surface area contributed by atoms with Gasteiger partial charge in [-0.1, -0.05) is 34.1 Å². The first-order valence-corrected chi connectivity index (χ1v) is 7.01. The highest BCUT2D eigenvalue weighted by molar-refractivity contribution is 9.10. The minimum atomic E-state index is 0.666. The summed E-state index contributed by atoms with van der Waals surface area (Å²) in [6.45, 7) is 3.64. The fourth-order valence-electron chi connectivity index (χ4n) is 1.77. The lowest BCUT2D eigenvalue weighted by Crippen LogP contribution is -2.18. The number of hydrogen-bond donors (Lipinski definition) is 1. The zero-order valence-electron chi connectivity index (χ0n) is 11.1. The van der Waals surface area contributed by atoms with E-state index >= 15 is 0 Å². The Balaban J connectivity index is 2.13. The number of aromatic nitrogens is 2. The van der Waals surface area contributed by atoms with Crippen LogP contribution in [0.25, 0.3) is 0 Å². The Kier molecular flexibility index (Phi) is 4.74. The van der Waals surface area contributed by atoms with Gasteiger partial charge in [0.1, 0.15) is 5.82 Å². The van der Waals surface area contributed by atoms with E-state index in [1.165, 1.54) is 5.56 Å². The zero-order valence-corrected chi connectivity index (χ0v) is 12.7. The summed E-state index contributed by atoms with van der Waals surface area (Å²) < 4.78 is 1.11. The summed E-state index contributed by atoms with van der Waals surface area (Å²) in [5.74, 6) is 1.57. The first-order valence-electron chi connectivity index (χ1n) is 6.22. The van der Waals surface area contributed by atoms with Crippen molar-refractivity contribution in [1.29, 1.82) is 0 Å². The van der Waals surface area contributed by atoms with Crippen LogP contribution in [0, 0.1) is 0 Å². The number of nitrogens with zero attached hydrogens (tertiary/aromatic N) is 3. The maximum absolute atomic E-state index is 4.48. The van der Waals surface area contributed by atoms with E-state index in [0.717, 1.165) is 23.4 Å². The first kappa shape index (κ1) is 13.8. The van der Waals surface area contributed by atoms with Crippen molar-refractivity contribution in [2.24, 2.45) is 0 Å². The maximum atomic E-state index is 4.48. The summed E-state index contributed by atoms with van der Waals surface area (Å²) >= 11 is 3.56. The standard InChI is InChI=1S/C14H17BrN4/c1-3-16-14-17-9-8-13(18-14)19(2)10-11-6-4-5-7-12(11)15/h4-9H,3,10H2,1-2H3,(H,16,17,18). The molecule has 0 radical (unpaired) electrons. The molecule has 1 N–H and O–H groups in total. The summed E-state index contributed by atoms with van der Waals surface area (Å²) in [5, 5.41) is 3.12. The summed E-state index contributed by atoms with van der Waals surface area (Å²) in [5.41, 5.74) is 1.23. The second kappa shape index (κ2) is 6.52. The van der Waals surface area contributed by atoms with Gasteiger partial charge in [0.25, 0.3) is 0 Å². The molecule has 0 unspecified atom stereocenters. The van der Waals surface area contributed by atoms with Gasteiger partial charge in [-0.25, -0.2) is 4.98 Å². The van der Waals surface area contributed by atoms with Crippen LogP contribution in [-0.2, 0) is 6.54 Å². The quantitative estimate of drug-likeness (QED) is 0.917. The zero-order chi connectivity index (χ0) is 13.7. The van der Waals surface area contributed by atoms with Crippen LogP contribution < -0.4 is 10.2 Å². The summed E-state index contributed by atoms with van der Waals surface area (Å²) in [4.78, 5) is 10.8. The molecular weight excluding hydrogens is 304 g/mol. The highest BCUT2D eigenvalue weighted by Gasteiger charge is 2.07. The van der Waals surface area contributed by atoms with Crippen LogP contribution >= 0.6 is 15.9 Å². The van der Waals surface area contributed by atoms with Crippen LogP contribution in [0.15, 0.2) is 41.0 Å². The highest BCUT2D eigenvalue weighted by Crippen LogP contribution is 2.20. The number of anilines is 2. The Morgan fingerprint density at radius 2 is 2.05 bits per heavy atom. The molecule has 0 amide bonds. The van der Waals surface area contributed by atoms with E-state index in [0.29, 0.717) is 5.95 Å². The van der Waals surface area contributed by atoms with Crippen molar-refractivity contribution >= 4 is 27.7 Å². The molecule has 0 spiro atoms. The molecule has 2 aromatic rings. The minimum Gasteiger partial charge on any atom is -0.355 e. The van der Waals surface area contributed by atoms with Crippen LogP contribution in [0.1, 0.15) is 12.5 Å². The Hall–Kier alpha value is -1.62. The van der Waals surface area contributed by atoms with Gasteiger partial charge in [0.15, 0.2) is 0 Å². The molecule has 1 heterocycles. The van der Waals surface area contributed by atoms with Gasteiger partial charge < -0.3 is 10.2 Å². The number of halogens is 1. The van der Waals surface area contributed by atoms with E-state index in [4.69, 9.17) is 0 Å². The molecule has 0 saturated heterocycles. The van der Waals surface area contributed by atoms with Gasteiger partial charge in [-0.3, -0.25) is 0 Å². The van der Waals surface area contributed by atoms with E-state index in [2.05, 4.69) is 42.2 Å². The predicted octanol–water partition coefficient (Wildman–Crippen LogP) is 3.31. The molecule has 0 aliphatic heterocycles. The monoisotopic (exact) mass is 320 g/mol. The van der Waals surface area contributed by atoms with Gasteiger partial charge in [0, 0.05) is 30.8 Å². The minimum absolute atomic E-state index is 0.666. The van der Waals surface area contributed by atoms with Gasteiger partial charge >= 0.3 is 0 Å². The van der Waals surface area contributed by atoms with E-state index in [1.807, 2.05) is 38.2 Å². The molecule has 0 aliphatic carbocycles. The van der Waals surface area contributed by atoms with Gasteiger partial charge in [-0.05, 0) is 24.6 Å².